The van der Waals surface area contributed by atoms with Crippen LogP contribution < -0.4 is 4.90 Å². The number of nitriles is 1. The number of aromatic nitrogens is 1. The summed E-state index contributed by atoms with van der Waals surface area (Å²) in [7, 11) is 0. The summed E-state index contributed by atoms with van der Waals surface area (Å²) in [6.45, 7) is 2.13. The van der Waals surface area contributed by atoms with Crippen molar-refractivity contribution in [1.82, 2.24) is 4.40 Å². The van der Waals surface area contributed by atoms with Gasteiger partial charge in [0.2, 0.25) is 0 Å². The highest BCUT2D eigenvalue weighted by atomic mass is 32.2. The first-order valence-electron chi connectivity index (χ1n) is 5.73. The van der Waals surface area contributed by atoms with Gasteiger partial charge in [-0.1, -0.05) is 6.07 Å². The molecule has 0 aliphatic carbocycles. The number of thioether (sulfide) groups is 1. The quantitative estimate of drug-likeness (QED) is 0.770. The fourth-order valence-electron chi connectivity index (χ4n) is 2.26. The lowest BCUT2D eigenvalue weighted by Crippen LogP contribution is -2.33. The van der Waals surface area contributed by atoms with Crippen LogP contribution in [0.15, 0.2) is 30.5 Å². The Labute approximate surface area is 105 Å². The van der Waals surface area contributed by atoms with Crippen molar-refractivity contribution in [3.63, 3.8) is 0 Å². The van der Waals surface area contributed by atoms with Crippen molar-refractivity contribution in [2.45, 2.75) is 0 Å². The van der Waals surface area contributed by atoms with Gasteiger partial charge in [0.1, 0.15) is 11.9 Å². The van der Waals surface area contributed by atoms with Crippen LogP contribution in [0.4, 0.5) is 5.82 Å². The average molecular weight is 243 g/mol. The van der Waals surface area contributed by atoms with Gasteiger partial charge in [0, 0.05) is 30.8 Å². The normalized spacial score (nSPS) is 16.1. The van der Waals surface area contributed by atoms with Crippen LogP contribution >= 0.6 is 11.8 Å². The van der Waals surface area contributed by atoms with Crippen LogP contribution in [0.2, 0.25) is 0 Å². The van der Waals surface area contributed by atoms with Gasteiger partial charge in [0.15, 0.2) is 0 Å². The van der Waals surface area contributed by atoms with Crippen LogP contribution in [0.1, 0.15) is 5.56 Å². The average Bonchev–Trinajstić information content (AvgIpc) is 2.78. The number of anilines is 1. The van der Waals surface area contributed by atoms with E-state index in [0.29, 0.717) is 0 Å². The third kappa shape index (κ3) is 1.77. The topological polar surface area (TPSA) is 31.4 Å². The van der Waals surface area contributed by atoms with Crippen LogP contribution in [0.25, 0.3) is 5.52 Å². The number of nitrogens with zero attached hydrogens (tertiary/aromatic N) is 3. The van der Waals surface area contributed by atoms with Crippen LogP contribution in [0.5, 0.6) is 0 Å². The minimum Gasteiger partial charge on any atom is -0.356 e. The summed E-state index contributed by atoms with van der Waals surface area (Å²) in [5.74, 6) is 3.49. The molecule has 0 N–H and O–H groups in total. The lowest BCUT2D eigenvalue weighted by atomic mass is 10.3. The van der Waals surface area contributed by atoms with Crippen molar-refractivity contribution < 1.29 is 0 Å². The second-order valence-corrected chi connectivity index (χ2v) is 5.31. The lowest BCUT2D eigenvalue weighted by molar-refractivity contribution is 0.833. The zero-order valence-corrected chi connectivity index (χ0v) is 10.3. The van der Waals surface area contributed by atoms with E-state index in [4.69, 9.17) is 5.26 Å². The van der Waals surface area contributed by atoms with Crippen molar-refractivity contribution in [3.8, 4) is 6.07 Å². The summed E-state index contributed by atoms with van der Waals surface area (Å²) < 4.78 is 2.12. The number of hydrogen-bond acceptors (Lipinski definition) is 3. The molecule has 2 aromatic heterocycles. The van der Waals surface area contributed by atoms with Gasteiger partial charge in [0.05, 0.1) is 11.1 Å². The summed E-state index contributed by atoms with van der Waals surface area (Å²) in [6, 6.07) is 10.3. The molecule has 1 fully saturated rings. The van der Waals surface area contributed by atoms with Gasteiger partial charge in [-0.3, -0.25) is 0 Å². The van der Waals surface area contributed by atoms with E-state index < -0.39 is 0 Å². The molecule has 86 valence electrons. The van der Waals surface area contributed by atoms with Crippen LogP contribution in [0.3, 0.4) is 0 Å². The van der Waals surface area contributed by atoms with Crippen molar-refractivity contribution in [2.75, 3.05) is 29.5 Å². The van der Waals surface area contributed by atoms with Gasteiger partial charge in [0.25, 0.3) is 0 Å². The van der Waals surface area contributed by atoms with Gasteiger partial charge in [-0.05, 0) is 18.2 Å². The van der Waals surface area contributed by atoms with Crippen molar-refractivity contribution in [3.05, 3.63) is 36.0 Å². The van der Waals surface area contributed by atoms with E-state index in [9.17, 15) is 0 Å². The van der Waals surface area contributed by atoms with Crippen LogP contribution in [-0.4, -0.2) is 29.0 Å². The van der Waals surface area contributed by atoms with Gasteiger partial charge in [-0.25, -0.2) is 0 Å². The summed E-state index contributed by atoms with van der Waals surface area (Å²) in [5, 5.41) is 9.16. The molecule has 0 unspecified atom stereocenters. The molecule has 0 bridgehead atoms. The summed E-state index contributed by atoms with van der Waals surface area (Å²) >= 11 is 2.00. The molecule has 0 aromatic carbocycles. The Hall–Kier alpha value is -1.60. The summed E-state index contributed by atoms with van der Waals surface area (Å²) in [4.78, 5) is 2.37. The predicted octanol–water partition coefficient (Wildman–Crippen LogP) is 2.36. The van der Waals surface area contributed by atoms with E-state index in [0.717, 1.165) is 30.0 Å². The lowest BCUT2D eigenvalue weighted by Gasteiger charge is -2.27. The van der Waals surface area contributed by atoms with E-state index in [1.54, 1.807) is 0 Å². The van der Waals surface area contributed by atoms with Gasteiger partial charge in [-0.15, -0.1) is 0 Å². The molecule has 17 heavy (non-hydrogen) atoms. The predicted molar refractivity (Wildman–Crippen MR) is 71.7 cm³/mol. The molecule has 1 aliphatic heterocycles. The van der Waals surface area contributed by atoms with E-state index in [1.165, 1.54) is 11.5 Å². The van der Waals surface area contributed by atoms with Crippen LogP contribution in [-0.2, 0) is 0 Å². The molecule has 0 amide bonds. The first-order valence-corrected chi connectivity index (χ1v) is 6.88. The largest absolute Gasteiger partial charge is 0.356 e. The number of pyridine rings is 1. The maximum Gasteiger partial charge on any atom is 0.114 e. The van der Waals surface area contributed by atoms with Gasteiger partial charge < -0.3 is 9.30 Å². The number of rotatable bonds is 1. The van der Waals surface area contributed by atoms with E-state index in [1.807, 2.05) is 42.2 Å². The molecule has 1 aliphatic rings. The molecule has 1 saturated heterocycles. The first-order chi connectivity index (χ1) is 8.40. The minimum absolute atomic E-state index is 0.763. The van der Waals surface area contributed by atoms with Crippen molar-refractivity contribution >= 4 is 23.1 Å². The molecule has 0 atom stereocenters. The fraction of sp³-hybridized carbons (Fsp3) is 0.308. The van der Waals surface area contributed by atoms with Gasteiger partial charge >= 0.3 is 0 Å². The van der Waals surface area contributed by atoms with E-state index in [2.05, 4.69) is 15.4 Å². The second-order valence-electron chi connectivity index (χ2n) is 4.08. The fourth-order valence-corrected chi connectivity index (χ4v) is 3.16. The molecule has 0 spiro atoms. The number of hydrogen-bond donors (Lipinski definition) is 0. The monoisotopic (exact) mass is 243 g/mol. The summed E-state index contributed by atoms with van der Waals surface area (Å²) in [6.07, 6.45) is 2.03. The molecule has 3 rings (SSSR count). The highest BCUT2D eigenvalue weighted by Crippen LogP contribution is 2.25. The SMILES string of the molecule is N#Cc1cc(N2CCSCC2)n2ccccc12. The highest BCUT2D eigenvalue weighted by molar-refractivity contribution is 7.99. The molecule has 3 heterocycles. The highest BCUT2D eigenvalue weighted by Gasteiger charge is 2.16. The zero-order valence-electron chi connectivity index (χ0n) is 9.47. The first kappa shape index (κ1) is 10.5. The van der Waals surface area contributed by atoms with Crippen LogP contribution in [0, 0.1) is 11.3 Å². The third-order valence-corrected chi connectivity index (χ3v) is 4.05. The minimum atomic E-state index is 0.763. The smallest absolute Gasteiger partial charge is 0.114 e. The number of fused-ring (bicyclic) bond motifs is 1. The molecular formula is C13H13N3S. The Bertz CT molecular complexity index is 576. The maximum absolute atomic E-state index is 9.16. The molecule has 0 radical (unpaired) electrons. The third-order valence-electron chi connectivity index (χ3n) is 3.11. The molecule has 2 aromatic rings. The standard InChI is InChI=1S/C13H13N3S/c14-10-11-9-13(15-5-7-17-8-6-15)16-4-2-1-3-12(11)16/h1-4,9H,5-8H2. The van der Waals surface area contributed by atoms with E-state index >= 15 is 0 Å². The molecular weight excluding hydrogens is 230 g/mol. The van der Waals surface area contributed by atoms with Gasteiger partial charge in [-0.2, -0.15) is 17.0 Å². The zero-order chi connectivity index (χ0) is 11.7. The molecule has 3 nitrogen and oxygen atoms in total. The Morgan fingerprint density at radius 2 is 2.06 bits per heavy atom. The molecule has 0 saturated carbocycles. The van der Waals surface area contributed by atoms with Crippen molar-refractivity contribution in [1.29, 1.82) is 5.26 Å². The second kappa shape index (κ2) is 4.34. The maximum atomic E-state index is 9.16. The Morgan fingerprint density at radius 1 is 1.24 bits per heavy atom. The molecule has 4 heteroatoms. The summed E-state index contributed by atoms with van der Waals surface area (Å²) in [5.41, 5.74) is 1.77. The Balaban J connectivity index is 2.13. The Morgan fingerprint density at radius 3 is 2.82 bits per heavy atom. The van der Waals surface area contributed by atoms with E-state index in [-0.39, 0.29) is 0 Å². The van der Waals surface area contributed by atoms with Crippen molar-refractivity contribution in [2.24, 2.45) is 0 Å². The Kier molecular flexibility index (Phi) is 2.69.